The average Bonchev–Trinajstić information content (AvgIpc) is 1.88. The zero-order valence-electron chi connectivity index (χ0n) is 5.62. The van der Waals surface area contributed by atoms with Gasteiger partial charge in [0.2, 0.25) is 0 Å². The Bertz CT molecular complexity index is 198. The molecule has 1 aliphatic heterocycles. The number of carbonyl (C=O) groups excluding carboxylic acids is 1. The molecule has 0 aromatic heterocycles. The van der Waals surface area contributed by atoms with Crippen LogP contribution in [0.5, 0.6) is 0 Å². The van der Waals surface area contributed by atoms with Crippen molar-refractivity contribution in [3.63, 3.8) is 0 Å². The van der Waals surface area contributed by atoms with Gasteiger partial charge in [-0.3, -0.25) is 4.79 Å². The molecule has 54 valence electrons. The highest BCUT2D eigenvalue weighted by Gasteiger charge is 2.15. The molecule has 0 N–H and O–H groups in total. The second-order valence-corrected chi connectivity index (χ2v) is 2.95. The van der Waals surface area contributed by atoms with Crippen LogP contribution in [-0.4, -0.2) is 15.8 Å². The summed E-state index contributed by atoms with van der Waals surface area (Å²) in [5.41, 5.74) is 0. The normalized spacial score (nSPS) is 23.4. The lowest BCUT2D eigenvalue weighted by Crippen LogP contribution is -2.28. The minimum atomic E-state index is -0.134. The lowest BCUT2D eigenvalue weighted by atomic mass is 10.1. The van der Waals surface area contributed by atoms with Crippen molar-refractivity contribution < 1.29 is 4.79 Å². The highest BCUT2D eigenvalue weighted by atomic mass is 79.9. The standard InChI is InChI=1S/C7H8BrNO/c1-6(10)7-4-2-3-5-9(7)8/h2-5,7H,1H3. The third kappa shape index (κ3) is 1.48. The van der Waals surface area contributed by atoms with Crippen LogP contribution in [0.4, 0.5) is 0 Å². The Morgan fingerprint density at radius 3 is 2.70 bits per heavy atom. The largest absolute Gasteiger partial charge is 0.301 e. The number of hydrogen-bond donors (Lipinski definition) is 0. The molecular weight excluding hydrogens is 194 g/mol. The van der Waals surface area contributed by atoms with Crippen molar-refractivity contribution >= 4 is 21.9 Å². The summed E-state index contributed by atoms with van der Waals surface area (Å²) < 4.78 is 1.70. The van der Waals surface area contributed by atoms with Crippen molar-refractivity contribution in [1.29, 1.82) is 0 Å². The van der Waals surface area contributed by atoms with E-state index in [0.29, 0.717) is 0 Å². The molecule has 1 atom stereocenters. The third-order valence-electron chi connectivity index (χ3n) is 1.32. The quantitative estimate of drug-likeness (QED) is 0.602. The molecule has 10 heavy (non-hydrogen) atoms. The summed E-state index contributed by atoms with van der Waals surface area (Å²) in [4.78, 5) is 10.9. The number of carbonyl (C=O) groups is 1. The molecular formula is C7H8BrNO. The van der Waals surface area contributed by atoms with Crippen molar-refractivity contribution in [3.8, 4) is 0 Å². The first kappa shape index (κ1) is 7.54. The van der Waals surface area contributed by atoms with Crippen molar-refractivity contribution in [2.75, 3.05) is 0 Å². The summed E-state index contributed by atoms with van der Waals surface area (Å²) in [6.45, 7) is 1.57. The van der Waals surface area contributed by atoms with Gasteiger partial charge in [0.15, 0.2) is 5.78 Å². The molecule has 0 aromatic rings. The van der Waals surface area contributed by atoms with Gasteiger partial charge in [-0.05, 0) is 13.0 Å². The van der Waals surface area contributed by atoms with Crippen LogP contribution in [0.25, 0.3) is 0 Å². The number of allylic oxidation sites excluding steroid dienone is 2. The van der Waals surface area contributed by atoms with Crippen molar-refractivity contribution in [3.05, 3.63) is 24.4 Å². The van der Waals surface area contributed by atoms with E-state index in [1.807, 2.05) is 24.4 Å². The Labute approximate surface area is 68.5 Å². The molecule has 0 bridgehead atoms. The van der Waals surface area contributed by atoms with Gasteiger partial charge in [0.05, 0.1) is 16.1 Å². The maximum absolute atomic E-state index is 10.9. The molecule has 1 heterocycles. The fourth-order valence-corrected chi connectivity index (χ4v) is 1.35. The number of nitrogens with zero attached hydrogens (tertiary/aromatic N) is 1. The van der Waals surface area contributed by atoms with E-state index in [1.165, 1.54) is 0 Å². The first-order chi connectivity index (χ1) is 4.72. The van der Waals surface area contributed by atoms with Crippen molar-refractivity contribution in [2.45, 2.75) is 13.0 Å². The number of Topliss-reactive ketones (excluding diaryl/α,β-unsaturated/α-hetero) is 1. The van der Waals surface area contributed by atoms with Crippen molar-refractivity contribution in [2.24, 2.45) is 0 Å². The second kappa shape index (κ2) is 3.01. The first-order valence-electron chi connectivity index (χ1n) is 3.01. The molecule has 0 spiro atoms. The molecule has 3 heteroatoms. The van der Waals surface area contributed by atoms with Crippen LogP contribution >= 0.6 is 16.1 Å². The molecule has 1 aliphatic rings. The maximum Gasteiger partial charge on any atom is 0.157 e. The van der Waals surface area contributed by atoms with Gasteiger partial charge in [-0.2, -0.15) is 0 Å². The maximum atomic E-state index is 10.9. The molecule has 0 aromatic carbocycles. The molecule has 0 saturated heterocycles. The fourth-order valence-electron chi connectivity index (χ4n) is 0.785. The highest BCUT2D eigenvalue weighted by Crippen LogP contribution is 2.13. The first-order valence-corrected chi connectivity index (χ1v) is 3.72. The highest BCUT2D eigenvalue weighted by molar-refractivity contribution is 9.07. The van der Waals surface area contributed by atoms with Crippen LogP contribution in [-0.2, 0) is 4.79 Å². The molecule has 0 saturated carbocycles. The van der Waals surface area contributed by atoms with Gasteiger partial charge in [0, 0.05) is 6.20 Å². The zero-order chi connectivity index (χ0) is 7.56. The van der Waals surface area contributed by atoms with E-state index >= 15 is 0 Å². The lowest BCUT2D eigenvalue weighted by Gasteiger charge is -2.20. The monoisotopic (exact) mass is 201 g/mol. The number of hydrogen-bond acceptors (Lipinski definition) is 2. The summed E-state index contributed by atoms with van der Waals surface area (Å²) in [6, 6.07) is -0.134. The number of rotatable bonds is 1. The van der Waals surface area contributed by atoms with Crippen molar-refractivity contribution in [1.82, 2.24) is 3.93 Å². The van der Waals surface area contributed by atoms with Crippen LogP contribution in [0.3, 0.4) is 0 Å². The Hall–Kier alpha value is -0.570. The zero-order valence-corrected chi connectivity index (χ0v) is 7.21. The molecule has 1 unspecified atom stereocenters. The minimum absolute atomic E-state index is 0.134. The Morgan fingerprint density at radius 2 is 2.30 bits per heavy atom. The lowest BCUT2D eigenvalue weighted by molar-refractivity contribution is -0.118. The van der Waals surface area contributed by atoms with Crippen LogP contribution in [0.15, 0.2) is 24.4 Å². The van der Waals surface area contributed by atoms with Gasteiger partial charge in [-0.15, -0.1) is 0 Å². The Balaban J connectivity index is 2.70. The van der Waals surface area contributed by atoms with Gasteiger partial charge in [0.25, 0.3) is 0 Å². The molecule has 0 radical (unpaired) electrons. The summed E-state index contributed by atoms with van der Waals surface area (Å²) in [5, 5.41) is 0. The van der Waals surface area contributed by atoms with E-state index in [4.69, 9.17) is 0 Å². The van der Waals surface area contributed by atoms with Gasteiger partial charge in [-0.1, -0.05) is 12.2 Å². The summed E-state index contributed by atoms with van der Waals surface area (Å²) >= 11 is 3.23. The van der Waals surface area contributed by atoms with Crippen LogP contribution < -0.4 is 0 Å². The van der Waals surface area contributed by atoms with E-state index in [0.717, 1.165) is 0 Å². The van der Waals surface area contributed by atoms with E-state index < -0.39 is 0 Å². The second-order valence-electron chi connectivity index (χ2n) is 2.13. The molecule has 0 amide bonds. The fraction of sp³-hybridized carbons (Fsp3) is 0.286. The summed E-state index contributed by atoms with van der Waals surface area (Å²) in [5.74, 6) is 0.137. The summed E-state index contributed by atoms with van der Waals surface area (Å²) in [7, 11) is 0. The van der Waals surface area contributed by atoms with E-state index in [2.05, 4.69) is 16.1 Å². The third-order valence-corrected chi connectivity index (χ3v) is 1.99. The predicted molar refractivity (Wildman–Crippen MR) is 43.5 cm³/mol. The molecule has 0 fully saturated rings. The average molecular weight is 202 g/mol. The number of halogens is 1. The van der Waals surface area contributed by atoms with Gasteiger partial charge in [0.1, 0.15) is 6.04 Å². The van der Waals surface area contributed by atoms with E-state index in [1.54, 1.807) is 10.8 Å². The number of ketones is 1. The molecule has 0 aliphatic carbocycles. The smallest absolute Gasteiger partial charge is 0.157 e. The van der Waals surface area contributed by atoms with E-state index in [9.17, 15) is 4.79 Å². The Kier molecular flexibility index (Phi) is 2.27. The summed E-state index contributed by atoms with van der Waals surface area (Å²) in [6.07, 6.45) is 7.39. The minimum Gasteiger partial charge on any atom is -0.301 e. The Morgan fingerprint density at radius 1 is 1.60 bits per heavy atom. The van der Waals surface area contributed by atoms with Crippen LogP contribution in [0.2, 0.25) is 0 Å². The van der Waals surface area contributed by atoms with E-state index in [-0.39, 0.29) is 11.8 Å². The predicted octanol–water partition coefficient (Wildman–Crippen LogP) is 1.64. The van der Waals surface area contributed by atoms with Gasteiger partial charge >= 0.3 is 0 Å². The molecule has 2 nitrogen and oxygen atoms in total. The topological polar surface area (TPSA) is 20.3 Å². The SMILES string of the molecule is CC(=O)C1C=CC=CN1Br. The molecule has 1 rings (SSSR count). The van der Waals surface area contributed by atoms with Gasteiger partial charge in [-0.25, -0.2) is 0 Å². The van der Waals surface area contributed by atoms with Crippen LogP contribution in [0.1, 0.15) is 6.92 Å². The van der Waals surface area contributed by atoms with Crippen LogP contribution in [0, 0.1) is 0 Å². The van der Waals surface area contributed by atoms with Gasteiger partial charge < -0.3 is 3.93 Å².